The highest BCUT2D eigenvalue weighted by Gasteiger charge is 2.05. The summed E-state index contributed by atoms with van der Waals surface area (Å²) >= 11 is 5.17. The van der Waals surface area contributed by atoms with Crippen molar-refractivity contribution in [1.29, 1.82) is 0 Å². The van der Waals surface area contributed by atoms with Crippen molar-refractivity contribution in [2.45, 2.75) is 26.3 Å². The van der Waals surface area contributed by atoms with Crippen molar-refractivity contribution in [1.82, 2.24) is 5.32 Å². The number of esters is 1. The Balaban J connectivity index is 2.58. The third-order valence-electron chi connectivity index (χ3n) is 2.55. The highest BCUT2D eigenvalue weighted by atomic mass is 32.1. The molecule has 0 fully saturated rings. The van der Waals surface area contributed by atoms with Crippen LogP contribution in [0.25, 0.3) is 0 Å². The van der Waals surface area contributed by atoms with Gasteiger partial charge in [-0.25, -0.2) is 4.79 Å². The summed E-state index contributed by atoms with van der Waals surface area (Å²) in [5.41, 5.74) is 1.35. The monoisotopic (exact) mass is 266 g/mol. The molecule has 0 bridgehead atoms. The summed E-state index contributed by atoms with van der Waals surface area (Å²) in [6.07, 6.45) is 1.00. The SMILES string of the molecule is CC[C@H](C)NC(=S)Nc1ccc(C(=O)OC)cc1. The minimum atomic E-state index is -0.346. The number of rotatable bonds is 4. The van der Waals surface area contributed by atoms with Crippen molar-refractivity contribution in [3.05, 3.63) is 29.8 Å². The molecule has 5 heteroatoms. The molecule has 0 radical (unpaired) electrons. The summed E-state index contributed by atoms with van der Waals surface area (Å²) in [5.74, 6) is -0.346. The van der Waals surface area contributed by atoms with Gasteiger partial charge in [-0.3, -0.25) is 0 Å². The fourth-order valence-corrected chi connectivity index (χ4v) is 1.62. The third-order valence-corrected chi connectivity index (χ3v) is 2.77. The summed E-state index contributed by atoms with van der Waals surface area (Å²) in [7, 11) is 1.36. The third kappa shape index (κ3) is 4.33. The Hall–Kier alpha value is -1.62. The molecule has 0 aliphatic heterocycles. The van der Waals surface area contributed by atoms with E-state index in [4.69, 9.17) is 12.2 Å². The Bertz CT molecular complexity index is 418. The second-order valence-electron chi connectivity index (χ2n) is 3.98. The lowest BCUT2D eigenvalue weighted by Crippen LogP contribution is -2.35. The fourth-order valence-electron chi connectivity index (χ4n) is 1.30. The van der Waals surface area contributed by atoms with Gasteiger partial charge in [-0.1, -0.05) is 6.92 Å². The van der Waals surface area contributed by atoms with Crippen molar-refractivity contribution in [2.75, 3.05) is 12.4 Å². The Morgan fingerprint density at radius 3 is 2.50 bits per heavy atom. The van der Waals surface area contributed by atoms with Crippen molar-refractivity contribution >= 4 is 29.0 Å². The van der Waals surface area contributed by atoms with Gasteiger partial charge in [-0.05, 0) is 49.8 Å². The average molecular weight is 266 g/mol. The number of ether oxygens (including phenoxy) is 1. The van der Waals surface area contributed by atoms with Crippen LogP contribution in [0, 0.1) is 0 Å². The molecule has 2 N–H and O–H groups in total. The molecule has 1 rings (SSSR count). The molecule has 0 aliphatic rings. The zero-order valence-corrected chi connectivity index (χ0v) is 11.6. The molecule has 0 heterocycles. The van der Waals surface area contributed by atoms with E-state index in [0.29, 0.717) is 16.7 Å². The van der Waals surface area contributed by atoms with Crippen LogP contribution in [0.3, 0.4) is 0 Å². The summed E-state index contributed by atoms with van der Waals surface area (Å²) < 4.78 is 4.63. The predicted octanol–water partition coefficient (Wildman–Crippen LogP) is 2.56. The van der Waals surface area contributed by atoms with Gasteiger partial charge in [0.2, 0.25) is 0 Å². The van der Waals surface area contributed by atoms with E-state index in [1.54, 1.807) is 24.3 Å². The van der Waals surface area contributed by atoms with Crippen LogP contribution in [0.5, 0.6) is 0 Å². The highest BCUT2D eigenvalue weighted by Crippen LogP contribution is 2.10. The molecule has 18 heavy (non-hydrogen) atoms. The first kappa shape index (κ1) is 14.4. The summed E-state index contributed by atoms with van der Waals surface area (Å²) in [5, 5.41) is 6.79. The van der Waals surface area contributed by atoms with Gasteiger partial charge in [0, 0.05) is 11.7 Å². The van der Waals surface area contributed by atoms with Crippen LogP contribution in [0.4, 0.5) is 5.69 Å². The van der Waals surface area contributed by atoms with Crippen LogP contribution < -0.4 is 10.6 Å². The standard InChI is InChI=1S/C13H18N2O2S/c1-4-9(2)14-13(18)15-11-7-5-10(6-8-11)12(16)17-3/h5-9H,4H2,1-3H3,(H2,14,15,18)/t9-/m0/s1. The van der Waals surface area contributed by atoms with E-state index in [9.17, 15) is 4.79 Å². The fraction of sp³-hybridized carbons (Fsp3) is 0.385. The van der Waals surface area contributed by atoms with Gasteiger partial charge in [-0.2, -0.15) is 0 Å². The Morgan fingerprint density at radius 2 is 2.00 bits per heavy atom. The minimum absolute atomic E-state index is 0.333. The first-order valence-corrected chi connectivity index (χ1v) is 6.23. The molecule has 98 valence electrons. The van der Waals surface area contributed by atoms with Gasteiger partial charge >= 0.3 is 5.97 Å². The highest BCUT2D eigenvalue weighted by molar-refractivity contribution is 7.80. The van der Waals surface area contributed by atoms with Crippen LogP contribution in [0.15, 0.2) is 24.3 Å². The topological polar surface area (TPSA) is 50.4 Å². The Morgan fingerprint density at radius 1 is 1.39 bits per heavy atom. The second-order valence-corrected chi connectivity index (χ2v) is 4.38. The van der Waals surface area contributed by atoms with E-state index in [0.717, 1.165) is 12.1 Å². The number of nitrogens with one attached hydrogen (secondary N) is 2. The lowest BCUT2D eigenvalue weighted by atomic mass is 10.2. The molecule has 0 saturated carbocycles. The average Bonchev–Trinajstić information content (AvgIpc) is 2.38. The number of carbonyl (C=O) groups excluding carboxylic acids is 1. The van der Waals surface area contributed by atoms with Crippen molar-refractivity contribution in [2.24, 2.45) is 0 Å². The van der Waals surface area contributed by atoms with Crippen molar-refractivity contribution < 1.29 is 9.53 Å². The Kier molecular flexibility index (Phi) is 5.58. The van der Waals surface area contributed by atoms with E-state index in [1.807, 2.05) is 0 Å². The molecule has 1 aromatic carbocycles. The number of thiocarbonyl (C=S) groups is 1. The van der Waals surface area contributed by atoms with E-state index < -0.39 is 0 Å². The van der Waals surface area contributed by atoms with Gasteiger partial charge in [-0.15, -0.1) is 0 Å². The maximum atomic E-state index is 11.3. The van der Waals surface area contributed by atoms with E-state index in [-0.39, 0.29) is 5.97 Å². The second kappa shape index (κ2) is 6.96. The van der Waals surface area contributed by atoms with E-state index in [2.05, 4.69) is 29.2 Å². The first-order chi connectivity index (χ1) is 8.56. The predicted molar refractivity (Wildman–Crippen MR) is 76.9 cm³/mol. The number of anilines is 1. The van der Waals surface area contributed by atoms with Gasteiger partial charge in [0.25, 0.3) is 0 Å². The summed E-state index contributed by atoms with van der Waals surface area (Å²) in [4.78, 5) is 11.3. The van der Waals surface area contributed by atoms with Crippen LogP contribution in [-0.2, 0) is 4.74 Å². The Labute approximate surface area is 113 Å². The molecule has 0 aliphatic carbocycles. The molecule has 1 aromatic rings. The molecule has 0 aromatic heterocycles. The van der Waals surface area contributed by atoms with Crippen LogP contribution in [-0.4, -0.2) is 24.2 Å². The summed E-state index contributed by atoms with van der Waals surface area (Å²) in [6.45, 7) is 4.15. The van der Waals surface area contributed by atoms with Crippen LogP contribution in [0.1, 0.15) is 30.6 Å². The molecule has 1 atom stereocenters. The van der Waals surface area contributed by atoms with Crippen molar-refractivity contribution in [3.8, 4) is 0 Å². The first-order valence-electron chi connectivity index (χ1n) is 5.82. The molecular weight excluding hydrogens is 248 g/mol. The zero-order chi connectivity index (χ0) is 13.5. The number of benzene rings is 1. The van der Waals surface area contributed by atoms with Gasteiger partial charge in [0.15, 0.2) is 5.11 Å². The number of methoxy groups -OCH3 is 1. The van der Waals surface area contributed by atoms with Gasteiger partial charge < -0.3 is 15.4 Å². The zero-order valence-electron chi connectivity index (χ0n) is 10.8. The smallest absolute Gasteiger partial charge is 0.337 e. The number of hydrogen-bond donors (Lipinski definition) is 2. The van der Waals surface area contributed by atoms with E-state index in [1.165, 1.54) is 7.11 Å². The summed E-state index contributed by atoms with van der Waals surface area (Å²) in [6, 6.07) is 7.30. The minimum Gasteiger partial charge on any atom is -0.465 e. The normalized spacial score (nSPS) is 11.5. The quantitative estimate of drug-likeness (QED) is 0.648. The van der Waals surface area contributed by atoms with E-state index >= 15 is 0 Å². The lowest BCUT2D eigenvalue weighted by Gasteiger charge is -2.15. The van der Waals surface area contributed by atoms with Crippen LogP contribution in [0.2, 0.25) is 0 Å². The molecular formula is C13H18N2O2S. The largest absolute Gasteiger partial charge is 0.465 e. The molecule has 0 spiro atoms. The maximum Gasteiger partial charge on any atom is 0.337 e. The molecule has 4 nitrogen and oxygen atoms in total. The number of carbonyl (C=O) groups is 1. The van der Waals surface area contributed by atoms with Gasteiger partial charge in [0.05, 0.1) is 12.7 Å². The van der Waals surface area contributed by atoms with Gasteiger partial charge in [0.1, 0.15) is 0 Å². The number of hydrogen-bond acceptors (Lipinski definition) is 3. The maximum absolute atomic E-state index is 11.3. The lowest BCUT2D eigenvalue weighted by molar-refractivity contribution is 0.0601. The van der Waals surface area contributed by atoms with Crippen molar-refractivity contribution in [3.63, 3.8) is 0 Å². The van der Waals surface area contributed by atoms with Crippen LogP contribution >= 0.6 is 12.2 Å². The molecule has 0 unspecified atom stereocenters. The molecule has 0 amide bonds. The molecule has 0 saturated heterocycles.